The first-order chi connectivity index (χ1) is 15.5. The monoisotopic (exact) mass is 470 g/mol. The van der Waals surface area contributed by atoms with Crippen molar-refractivity contribution in [1.29, 1.82) is 0 Å². The number of rotatable bonds is 9. The van der Waals surface area contributed by atoms with Gasteiger partial charge < -0.3 is 9.73 Å². The topological polar surface area (TPSA) is 80.9 Å². The molecule has 0 saturated carbocycles. The van der Waals surface area contributed by atoms with Crippen LogP contribution in [0.2, 0.25) is 0 Å². The summed E-state index contributed by atoms with van der Waals surface area (Å²) in [4.78, 5) is 17.6. The van der Waals surface area contributed by atoms with Crippen LogP contribution in [0.3, 0.4) is 0 Å². The molecular formula is C23H23FN4O2S2. The van der Waals surface area contributed by atoms with E-state index in [1.54, 1.807) is 18.7 Å². The number of nitrogens with zero attached hydrogens (tertiary/aromatic N) is 3. The number of aryl methyl sites for hydroxylation is 1. The third kappa shape index (κ3) is 5.16. The lowest BCUT2D eigenvalue weighted by atomic mass is 10.1. The number of carbonyl (C=O) groups excluding carboxylic acids is 1. The summed E-state index contributed by atoms with van der Waals surface area (Å²) in [5.41, 5.74) is 1.90. The average Bonchev–Trinajstić information content (AvgIpc) is 3.40. The third-order valence-corrected chi connectivity index (χ3v) is 7.33. The van der Waals surface area contributed by atoms with Crippen LogP contribution < -0.4 is 5.32 Å². The van der Waals surface area contributed by atoms with Gasteiger partial charge in [0.1, 0.15) is 16.1 Å². The lowest BCUT2D eigenvalue weighted by Crippen LogP contribution is -2.27. The summed E-state index contributed by atoms with van der Waals surface area (Å²) in [6, 6.07) is 12.7. The van der Waals surface area contributed by atoms with E-state index in [0.717, 1.165) is 28.9 Å². The number of benzene rings is 2. The van der Waals surface area contributed by atoms with Gasteiger partial charge >= 0.3 is 0 Å². The molecule has 4 aromatic rings. The average molecular weight is 471 g/mol. The highest BCUT2D eigenvalue weighted by atomic mass is 32.2. The molecule has 4 rings (SSSR count). The maximum atomic E-state index is 14.8. The summed E-state index contributed by atoms with van der Waals surface area (Å²) in [5.74, 6) is 1.13. The van der Waals surface area contributed by atoms with Crippen LogP contribution in [0.4, 0.5) is 4.39 Å². The first-order valence-electron chi connectivity index (χ1n) is 10.4. The highest BCUT2D eigenvalue weighted by Gasteiger charge is 2.25. The van der Waals surface area contributed by atoms with Crippen LogP contribution in [0.5, 0.6) is 0 Å². The molecule has 1 amide bonds. The van der Waals surface area contributed by atoms with E-state index < -0.39 is 5.25 Å². The fourth-order valence-electron chi connectivity index (χ4n) is 3.19. The molecule has 166 valence electrons. The van der Waals surface area contributed by atoms with Gasteiger partial charge in [0.2, 0.25) is 17.7 Å². The third-order valence-electron chi connectivity index (χ3n) is 4.81. The number of fused-ring (bicyclic) bond motifs is 1. The predicted molar refractivity (Wildman–Crippen MR) is 126 cm³/mol. The van der Waals surface area contributed by atoms with Crippen molar-refractivity contribution in [3.8, 4) is 11.1 Å². The van der Waals surface area contributed by atoms with Crippen LogP contribution in [0.15, 0.2) is 46.9 Å². The zero-order valence-electron chi connectivity index (χ0n) is 17.8. The van der Waals surface area contributed by atoms with Crippen molar-refractivity contribution in [2.45, 2.75) is 38.5 Å². The zero-order chi connectivity index (χ0) is 22.5. The fraction of sp³-hybridized carbons (Fsp3) is 0.304. The van der Waals surface area contributed by atoms with Crippen molar-refractivity contribution in [1.82, 2.24) is 20.5 Å². The lowest BCUT2D eigenvalue weighted by molar-refractivity contribution is -0.120. The highest BCUT2D eigenvalue weighted by molar-refractivity contribution is 8.00. The van der Waals surface area contributed by atoms with E-state index in [0.29, 0.717) is 27.9 Å². The molecule has 0 aliphatic carbocycles. The maximum Gasteiger partial charge on any atom is 0.240 e. The maximum absolute atomic E-state index is 14.8. The fourth-order valence-corrected chi connectivity index (χ4v) is 5.63. The molecule has 32 heavy (non-hydrogen) atoms. The van der Waals surface area contributed by atoms with Gasteiger partial charge in [0.15, 0.2) is 0 Å². The van der Waals surface area contributed by atoms with E-state index in [-0.39, 0.29) is 18.3 Å². The summed E-state index contributed by atoms with van der Waals surface area (Å²) >= 11 is 2.97. The van der Waals surface area contributed by atoms with Gasteiger partial charge in [-0.25, -0.2) is 9.37 Å². The van der Waals surface area contributed by atoms with Gasteiger partial charge in [0.05, 0.1) is 16.8 Å². The van der Waals surface area contributed by atoms with Crippen LogP contribution >= 0.6 is 23.1 Å². The van der Waals surface area contributed by atoms with Gasteiger partial charge in [-0.3, -0.25) is 4.79 Å². The van der Waals surface area contributed by atoms with Crippen LogP contribution in [0.1, 0.15) is 41.8 Å². The second-order valence-electron chi connectivity index (χ2n) is 7.25. The number of thioether (sulfide) groups is 1. The highest BCUT2D eigenvalue weighted by Crippen LogP contribution is 2.37. The molecule has 2 aromatic heterocycles. The molecule has 1 atom stereocenters. The summed E-state index contributed by atoms with van der Waals surface area (Å²) in [6.07, 6.45) is 2.03. The first kappa shape index (κ1) is 22.4. The summed E-state index contributed by atoms with van der Waals surface area (Å²) in [6.45, 7) is 3.97. The number of amides is 1. The molecule has 0 fully saturated rings. The Morgan fingerprint density at radius 3 is 2.78 bits per heavy atom. The van der Waals surface area contributed by atoms with Crippen LogP contribution in [-0.4, -0.2) is 26.8 Å². The molecule has 9 heteroatoms. The van der Waals surface area contributed by atoms with Crippen LogP contribution in [0.25, 0.3) is 21.3 Å². The van der Waals surface area contributed by atoms with Crippen molar-refractivity contribution in [2.75, 3.05) is 5.75 Å². The Kier molecular flexibility index (Phi) is 7.16. The Hall–Kier alpha value is -2.78. The van der Waals surface area contributed by atoms with Gasteiger partial charge in [0, 0.05) is 18.6 Å². The van der Waals surface area contributed by atoms with Gasteiger partial charge in [-0.15, -0.1) is 33.3 Å². The molecule has 0 spiro atoms. The Morgan fingerprint density at radius 1 is 1.25 bits per heavy atom. The van der Waals surface area contributed by atoms with E-state index >= 15 is 0 Å². The standard InChI is InChI=1S/C23H23FN4O2S2/c1-3-4-10-31-21(22(29)25-13-20-28-27-14(2)30-20)23-26-18-12-17(24)16(11-19(18)32-23)15-8-6-5-7-9-15/h5-9,11-12,21H,3-4,10,13H2,1-2H3,(H,25,29). The Balaban J connectivity index is 1.60. The Bertz CT molecular complexity index is 1210. The first-order valence-corrected chi connectivity index (χ1v) is 12.3. The number of hydrogen-bond acceptors (Lipinski definition) is 7. The number of thiazole rings is 1. The van der Waals surface area contributed by atoms with E-state index in [1.165, 1.54) is 17.4 Å². The van der Waals surface area contributed by atoms with Crippen molar-refractivity contribution in [2.24, 2.45) is 0 Å². The minimum atomic E-state index is -0.494. The van der Waals surface area contributed by atoms with Gasteiger partial charge in [-0.2, -0.15) is 0 Å². The number of hydrogen-bond donors (Lipinski definition) is 1. The van der Waals surface area contributed by atoms with E-state index in [2.05, 4.69) is 27.4 Å². The smallest absolute Gasteiger partial charge is 0.240 e. The van der Waals surface area contributed by atoms with Gasteiger partial charge in [0.25, 0.3) is 0 Å². The molecule has 2 aromatic carbocycles. The van der Waals surface area contributed by atoms with E-state index in [4.69, 9.17) is 4.42 Å². The molecule has 0 aliphatic rings. The molecule has 1 N–H and O–H groups in total. The second-order valence-corrected chi connectivity index (χ2v) is 9.53. The molecule has 6 nitrogen and oxygen atoms in total. The summed E-state index contributed by atoms with van der Waals surface area (Å²) in [7, 11) is 0. The molecule has 0 aliphatic heterocycles. The van der Waals surface area contributed by atoms with E-state index in [9.17, 15) is 9.18 Å². The lowest BCUT2D eigenvalue weighted by Gasteiger charge is -2.13. The number of aromatic nitrogens is 3. The Labute approximate surface area is 193 Å². The number of nitrogens with one attached hydrogen (secondary N) is 1. The van der Waals surface area contributed by atoms with Crippen LogP contribution in [0, 0.1) is 12.7 Å². The largest absolute Gasteiger partial charge is 0.424 e. The predicted octanol–water partition coefficient (Wildman–Crippen LogP) is 5.68. The number of unbranched alkanes of at least 4 members (excludes halogenated alkanes) is 1. The van der Waals surface area contributed by atoms with Gasteiger partial charge in [-0.05, 0) is 23.8 Å². The van der Waals surface area contributed by atoms with Crippen molar-refractivity contribution < 1.29 is 13.6 Å². The minimum absolute atomic E-state index is 0.155. The molecule has 1 unspecified atom stereocenters. The molecule has 0 saturated heterocycles. The second kappa shape index (κ2) is 10.2. The minimum Gasteiger partial charge on any atom is -0.424 e. The van der Waals surface area contributed by atoms with Crippen LogP contribution in [-0.2, 0) is 11.3 Å². The summed E-state index contributed by atoms with van der Waals surface area (Å²) in [5, 5.41) is 10.7. The molecular weight excluding hydrogens is 447 g/mol. The SMILES string of the molecule is CCCCSC(C(=O)NCc1nnc(C)o1)c1nc2cc(F)c(-c3ccccc3)cc2s1. The number of halogens is 1. The number of carbonyl (C=O) groups is 1. The Morgan fingerprint density at radius 2 is 2.06 bits per heavy atom. The van der Waals surface area contributed by atoms with Crippen molar-refractivity contribution in [3.63, 3.8) is 0 Å². The quantitative estimate of drug-likeness (QED) is 0.317. The molecule has 0 bridgehead atoms. The van der Waals surface area contributed by atoms with Crippen molar-refractivity contribution >= 4 is 39.2 Å². The molecule has 0 radical (unpaired) electrons. The normalized spacial score (nSPS) is 12.2. The van der Waals surface area contributed by atoms with Gasteiger partial charge in [-0.1, -0.05) is 43.7 Å². The zero-order valence-corrected chi connectivity index (χ0v) is 19.4. The molecule has 2 heterocycles. The van der Waals surface area contributed by atoms with E-state index in [1.807, 2.05) is 36.4 Å². The summed E-state index contributed by atoms with van der Waals surface area (Å²) < 4.78 is 21.0. The van der Waals surface area contributed by atoms with Crippen molar-refractivity contribution in [3.05, 3.63) is 65.1 Å².